The number of aromatic amines is 1. The number of carbonyl (C=O) groups is 1. The molecular weight excluding hydrogens is 536 g/mol. The zero-order valence-corrected chi connectivity index (χ0v) is 21.3. The summed E-state index contributed by atoms with van der Waals surface area (Å²) in [6.07, 6.45) is -1.00. The van der Waals surface area contributed by atoms with Crippen molar-refractivity contribution in [3.8, 4) is 0 Å². The molecule has 38 heavy (non-hydrogen) atoms. The summed E-state index contributed by atoms with van der Waals surface area (Å²) in [4.78, 5) is 31.1. The van der Waals surface area contributed by atoms with Crippen molar-refractivity contribution in [1.82, 2.24) is 29.8 Å². The summed E-state index contributed by atoms with van der Waals surface area (Å²) < 4.78 is 7.27. The number of imidazole rings is 1. The van der Waals surface area contributed by atoms with Crippen molar-refractivity contribution < 1.29 is 19.7 Å². The molecule has 1 aliphatic heterocycles. The number of aromatic nitrogens is 5. The van der Waals surface area contributed by atoms with Crippen LogP contribution in [0.15, 0.2) is 41.0 Å². The Labute approximate surface area is 224 Å². The van der Waals surface area contributed by atoms with Crippen LogP contribution in [-0.4, -0.2) is 77.8 Å². The Morgan fingerprint density at radius 1 is 1.37 bits per heavy atom. The molecule has 0 saturated carbocycles. The summed E-state index contributed by atoms with van der Waals surface area (Å²) in [5.74, 6) is -0.124. The van der Waals surface area contributed by atoms with E-state index in [1.165, 1.54) is 10.9 Å². The van der Waals surface area contributed by atoms with Crippen molar-refractivity contribution in [3.05, 3.63) is 51.8 Å². The van der Waals surface area contributed by atoms with Gasteiger partial charge in [-0.05, 0) is 35.7 Å². The van der Waals surface area contributed by atoms with Gasteiger partial charge in [-0.2, -0.15) is 0 Å². The predicted molar refractivity (Wildman–Crippen MR) is 140 cm³/mol. The molecule has 0 spiro atoms. The quantitative estimate of drug-likeness (QED) is 0.0876. The van der Waals surface area contributed by atoms with Gasteiger partial charge in [0.25, 0.3) is 0 Å². The number of nitrogen functional groups attached to an aromatic ring is 1. The first-order chi connectivity index (χ1) is 18.4. The maximum absolute atomic E-state index is 12.6. The Morgan fingerprint density at radius 2 is 2.21 bits per heavy atom. The highest BCUT2D eigenvalue weighted by atomic mass is 35.5. The largest absolute Gasteiger partial charge is 0.388 e. The van der Waals surface area contributed by atoms with Gasteiger partial charge >= 0.3 is 0 Å². The number of fused-ring (bicyclic) bond motifs is 2. The lowest BCUT2D eigenvalue weighted by Gasteiger charge is -2.19. The van der Waals surface area contributed by atoms with E-state index < -0.39 is 24.5 Å². The molecule has 1 saturated heterocycles. The standard InChI is InChI=1S/C22H23ClN10O4S/c23-11-1-2-13-12(5-11)10(6-27-13)3-4-26-15(34)8-38-22-31-16-19(24)28-9-29-20(16)33(22)21-18(36)17(35)14(37-21)7-30-32-25/h1-2,5-6,9,14,17-18,21,27,35-36H,3-4,7-8H2,(H,26,34)(H2,24,28,29)/t14-,17-,18-,21-/m1/s1. The average molecular weight is 559 g/mol. The number of benzene rings is 1. The highest BCUT2D eigenvalue weighted by molar-refractivity contribution is 7.99. The number of nitrogens with zero attached hydrogens (tertiary/aromatic N) is 7. The fourth-order valence-corrected chi connectivity index (χ4v) is 5.34. The van der Waals surface area contributed by atoms with Gasteiger partial charge in [-0.1, -0.05) is 28.5 Å². The molecule has 1 fully saturated rings. The van der Waals surface area contributed by atoms with E-state index in [2.05, 4.69) is 35.3 Å². The van der Waals surface area contributed by atoms with Gasteiger partial charge in [0.1, 0.15) is 18.5 Å². The van der Waals surface area contributed by atoms with Crippen molar-refractivity contribution in [2.45, 2.75) is 36.1 Å². The fraction of sp³-hybridized carbons (Fsp3) is 0.364. The lowest BCUT2D eigenvalue weighted by molar-refractivity contribution is -0.118. The van der Waals surface area contributed by atoms with E-state index in [9.17, 15) is 15.0 Å². The van der Waals surface area contributed by atoms with Crippen LogP contribution in [0.2, 0.25) is 5.02 Å². The number of halogens is 1. The number of hydrogen-bond acceptors (Lipinski definition) is 10. The second kappa shape index (κ2) is 11.0. The molecule has 4 atom stereocenters. The van der Waals surface area contributed by atoms with Crippen LogP contribution in [0.1, 0.15) is 11.8 Å². The van der Waals surface area contributed by atoms with Gasteiger partial charge in [0.2, 0.25) is 5.91 Å². The number of rotatable bonds is 9. The van der Waals surface area contributed by atoms with E-state index in [1.807, 2.05) is 24.4 Å². The lowest BCUT2D eigenvalue weighted by atomic mass is 10.1. The number of anilines is 1. The highest BCUT2D eigenvalue weighted by Gasteiger charge is 2.45. The number of thioether (sulfide) groups is 1. The van der Waals surface area contributed by atoms with Crippen LogP contribution in [0, 0.1) is 0 Å². The first kappa shape index (κ1) is 26.0. The molecule has 4 heterocycles. The Balaban J connectivity index is 1.29. The third-order valence-electron chi connectivity index (χ3n) is 6.17. The molecule has 1 aromatic carbocycles. The molecular formula is C22H23ClN10O4S. The van der Waals surface area contributed by atoms with E-state index in [-0.39, 0.29) is 40.3 Å². The van der Waals surface area contributed by atoms with Gasteiger partial charge in [0.15, 0.2) is 28.4 Å². The zero-order chi connectivity index (χ0) is 26.8. The van der Waals surface area contributed by atoms with Gasteiger partial charge in [-0.3, -0.25) is 9.36 Å². The van der Waals surface area contributed by atoms with Gasteiger partial charge in [-0.15, -0.1) is 0 Å². The molecule has 0 unspecified atom stereocenters. The van der Waals surface area contributed by atoms with Crippen LogP contribution in [0.3, 0.4) is 0 Å². The van der Waals surface area contributed by atoms with E-state index in [0.29, 0.717) is 18.0 Å². The lowest BCUT2D eigenvalue weighted by Crippen LogP contribution is -2.33. The minimum absolute atomic E-state index is 0.00386. The van der Waals surface area contributed by atoms with Gasteiger partial charge in [0.05, 0.1) is 18.4 Å². The average Bonchev–Trinajstić information content (AvgIpc) is 3.56. The molecule has 16 heteroatoms. The number of carbonyl (C=O) groups excluding carboxylic acids is 1. The molecule has 5 rings (SSSR count). The van der Waals surface area contributed by atoms with Gasteiger partial charge < -0.3 is 31.0 Å². The van der Waals surface area contributed by atoms with Gasteiger partial charge in [0, 0.05) is 33.6 Å². The van der Waals surface area contributed by atoms with E-state index in [1.54, 1.807) is 0 Å². The summed E-state index contributed by atoms with van der Waals surface area (Å²) in [7, 11) is 0. The number of nitrogens with two attached hydrogens (primary N) is 1. The first-order valence-corrected chi connectivity index (χ1v) is 12.9. The predicted octanol–water partition coefficient (Wildman–Crippen LogP) is 1.92. The summed E-state index contributed by atoms with van der Waals surface area (Å²) in [6, 6.07) is 5.60. The molecule has 0 radical (unpaired) electrons. The topological polar surface area (TPSA) is 213 Å². The fourth-order valence-electron chi connectivity index (χ4n) is 4.32. The van der Waals surface area contributed by atoms with Crippen molar-refractivity contribution >= 4 is 57.2 Å². The zero-order valence-electron chi connectivity index (χ0n) is 19.7. The number of amides is 1. The molecule has 198 valence electrons. The van der Waals surface area contributed by atoms with Crippen LogP contribution in [0.25, 0.3) is 32.5 Å². The number of aliphatic hydroxyl groups is 2. The first-order valence-electron chi connectivity index (χ1n) is 11.5. The molecule has 1 aliphatic rings. The smallest absolute Gasteiger partial charge is 0.230 e. The molecule has 4 aromatic rings. The molecule has 3 aromatic heterocycles. The van der Waals surface area contributed by atoms with E-state index in [0.717, 1.165) is 28.2 Å². The van der Waals surface area contributed by atoms with E-state index >= 15 is 0 Å². The Hall–Kier alpha value is -3.59. The number of hydrogen-bond donors (Lipinski definition) is 5. The second-order valence-electron chi connectivity index (χ2n) is 8.55. The maximum atomic E-state index is 12.6. The number of H-pyrrole nitrogens is 1. The maximum Gasteiger partial charge on any atom is 0.230 e. The van der Waals surface area contributed by atoms with E-state index in [4.69, 9.17) is 27.6 Å². The van der Waals surface area contributed by atoms with Gasteiger partial charge in [-0.25, -0.2) is 15.0 Å². The number of ether oxygens (including phenoxy) is 1. The minimum atomic E-state index is -1.37. The van der Waals surface area contributed by atoms with Crippen LogP contribution in [0.4, 0.5) is 5.82 Å². The molecule has 14 nitrogen and oxygen atoms in total. The Morgan fingerprint density at radius 3 is 3.03 bits per heavy atom. The summed E-state index contributed by atoms with van der Waals surface area (Å²) in [5.41, 5.74) is 17.1. The van der Waals surface area contributed by atoms with Crippen molar-refractivity contribution in [3.63, 3.8) is 0 Å². The molecule has 0 bridgehead atoms. The third kappa shape index (κ3) is 5.07. The van der Waals surface area contributed by atoms with Crippen molar-refractivity contribution in [2.75, 3.05) is 24.6 Å². The SMILES string of the molecule is [N-]=[N+]=NC[C@H]1O[C@@H](n2c(SCC(=O)NCCc3c[nH]c4ccc(Cl)cc34)nc3c(N)ncnc32)[C@H](O)[C@@H]1O. The van der Waals surface area contributed by atoms with Crippen LogP contribution in [0.5, 0.6) is 0 Å². The van der Waals surface area contributed by atoms with Crippen LogP contribution >= 0.6 is 23.4 Å². The Bertz CT molecular complexity index is 1540. The van der Waals surface area contributed by atoms with Crippen molar-refractivity contribution in [2.24, 2.45) is 5.11 Å². The molecule has 1 amide bonds. The number of azide groups is 1. The van der Waals surface area contributed by atoms with Crippen LogP contribution in [-0.2, 0) is 16.0 Å². The number of nitrogens with one attached hydrogen (secondary N) is 2. The molecule has 0 aliphatic carbocycles. The van der Waals surface area contributed by atoms with Crippen molar-refractivity contribution in [1.29, 1.82) is 0 Å². The summed E-state index contributed by atoms with van der Waals surface area (Å²) in [6.45, 7) is 0.230. The minimum Gasteiger partial charge on any atom is -0.388 e. The van der Waals surface area contributed by atoms with Crippen LogP contribution < -0.4 is 11.1 Å². The second-order valence-corrected chi connectivity index (χ2v) is 9.93. The normalized spacial score (nSPS) is 21.1. The third-order valence-corrected chi connectivity index (χ3v) is 7.36. The monoisotopic (exact) mass is 558 g/mol. The highest BCUT2D eigenvalue weighted by Crippen LogP contribution is 2.36. The number of aliphatic hydroxyl groups excluding tert-OH is 2. The summed E-state index contributed by atoms with van der Waals surface area (Å²) in [5, 5.41) is 29.4. The molecule has 6 N–H and O–H groups in total. The summed E-state index contributed by atoms with van der Waals surface area (Å²) >= 11 is 7.20. The Kier molecular flexibility index (Phi) is 7.56.